The van der Waals surface area contributed by atoms with E-state index in [4.69, 9.17) is 4.98 Å². The Kier molecular flexibility index (Phi) is 5.99. The van der Waals surface area contributed by atoms with Gasteiger partial charge < -0.3 is 0 Å². The maximum absolute atomic E-state index is 14.4. The van der Waals surface area contributed by atoms with E-state index in [9.17, 15) is 9.18 Å². The van der Waals surface area contributed by atoms with Gasteiger partial charge in [0.25, 0.3) is 0 Å². The lowest BCUT2D eigenvalue weighted by atomic mass is 10.2. The van der Waals surface area contributed by atoms with Crippen molar-refractivity contribution in [2.45, 2.75) is 43.6 Å². The fraction of sp³-hybridized carbons (Fsp3) is 0.250. The normalized spacial score (nSPS) is 13.3. The summed E-state index contributed by atoms with van der Waals surface area (Å²) in [5.41, 5.74) is 3.21. The van der Waals surface area contributed by atoms with E-state index in [1.165, 1.54) is 29.2 Å². The van der Waals surface area contributed by atoms with Crippen LogP contribution in [0.3, 0.4) is 0 Å². The highest BCUT2D eigenvalue weighted by Gasteiger charge is 2.31. The minimum absolute atomic E-state index is 0.0860. The first-order valence-corrected chi connectivity index (χ1v) is 12.5. The molecule has 33 heavy (non-hydrogen) atoms. The van der Waals surface area contributed by atoms with Crippen LogP contribution in [0, 0.1) is 12.7 Å². The Morgan fingerprint density at radius 1 is 1.21 bits per heavy atom. The Morgan fingerprint density at radius 2 is 2.03 bits per heavy atom. The SMILES string of the molecule is CC(=O)N(c1cccc(C)c1)c1nc(CSc2nnc(-c3ccccc3F)n2C2CC2)cs1. The summed E-state index contributed by atoms with van der Waals surface area (Å²) in [7, 11) is 0. The molecule has 0 N–H and O–H groups in total. The predicted molar refractivity (Wildman–Crippen MR) is 129 cm³/mol. The number of nitrogens with zero attached hydrogens (tertiary/aromatic N) is 5. The quantitative estimate of drug-likeness (QED) is 0.297. The molecule has 9 heteroatoms. The van der Waals surface area contributed by atoms with Crippen molar-refractivity contribution < 1.29 is 9.18 Å². The largest absolute Gasteiger partial charge is 0.299 e. The fourth-order valence-electron chi connectivity index (χ4n) is 3.66. The molecule has 2 aromatic heterocycles. The molecular weight excluding hydrogens is 457 g/mol. The second-order valence-electron chi connectivity index (χ2n) is 7.99. The van der Waals surface area contributed by atoms with Crippen LogP contribution >= 0.6 is 23.1 Å². The topological polar surface area (TPSA) is 63.9 Å². The summed E-state index contributed by atoms with van der Waals surface area (Å²) in [6.07, 6.45) is 2.08. The highest BCUT2D eigenvalue weighted by atomic mass is 32.2. The molecule has 0 spiro atoms. The Hall–Kier alpha value is -3.04. The summed E-state index contributed by atoms with van der Waals surface area (Å²) in [5, 5.41) is 12.0. The van der Waals surface area contributed by atoms with Crippen molar-refractivity contribution in [2.75, 3.05) is 4.90 Å². The van der Waals surface area contributed by atoms with Crippen LogP contribution in [0.15, 0.2) is 59.1 Å². The molecular formula is C24H22FN5OS2. The van der Waals surface area contributed by atoms with Gasteiger partial charge in [-0.1, -0.05) is 36.0 Å². The number of hydrogen-bond donors (Lipinski definition) is 0. The molecule has 0 saturated heterocycles. The Morgan fingerprint density at radius 3 is 2.76 bits per heavy atom. The second-order valence-corrected chi connectivity index (χ2v) is 9.77. The predicted octanol–water partition coefficient (Wildman–Crippen LogP) is 6.16. The van der Waals surface area contributed by atoms with E-state index in [1.807, 2.05) is 47.2 Å². The van der Waals surface area contributed by atoms with E-state index in [0.29, 0.717) is 28.3 Å². The molecule has 1 saturated carbocycles. The van der Waals surface area contributed by atoms with E-state index >= 15 is 0 Å². The van der Waals surface area contributed by atoms with E-state index in [1.54, 1.807) is 24.0 Å². The molecule has 0 aliphatic heterocycles. The van der Waals surface area contributed by atoms with Crippen LogP contribution in [-0.4, -0.2) is 25.7 Å². The number of amides is 1. The van der Waals surface area contributed by atoms with Crippen molar-refractivity contribution in [3.63, 3.8) is 0 Å². The summed E-state index contributed by atoms with van der Waals surface area (Å²) < 4.78 is 16.4. The number of carbonyl (C=O) groups is 1. The first-order valence-electron chi connectivity index (χ1n) is 10.7. The number of aromatic nitrogens is 4. The van der Waals surface area contributed by atoms with Crippen molar-refractivity contribution in [2.24, 2.45) is 0 Å². The van der Waals surface area contributed by atoms with Crippen LogP contribution < -0.4 is 4.90 Å². The third kappa shape index (κ3) is 4.56. The highest BCUT2D eigenvalue weighted by molar-refractivity contribution is 7.98. The first kappa shape index (κ1) is 21.8. The van der Waals surface area contributed by atoms with Gasteiger partial charge in [-0.3, -0.25) is 14.3 Å². The molecule has 5 rings (SSSR count). The summed E-state index contributed by atoms with van der Waals surface area (Å²) in [5.74, 6) is 0.766. The maximum Gasteiger partial charge on any atom is 0.230 e. The minimum atomic E-state index is -0.298. The maximum atomic E-state index is 14.4. The van der Waals surface area contributed by atoms with Gasteiger partial charge in [0.15, 0.2) is 16.1 Å². The number of thioether (sulfide) groups is 1. The van der Waals surface area contributed by atoms with Gasteiger partial charge >= 0.3 is 0 Å². The monoisotopic (exact) mass is 479 g/mol. The third-order valence-electron chi connectivity index (χ3n) is 5.35. The Balaban J connectivity index is 1.37. The summed E-state index contributed by atoms with van der Waals surface area (Å²) >= 11 is 2.97. The molecule has 6 nitrogen and oxygen atoms in total. The highest BCUT2D eigenvalue weighted by Crippen LogP contribution is 2.42. The Labute approximate surface area is 199 Å². The smallest absolute Gasteiger partial charge is 0.230 e. The van der Waals surface area contributed by atoms with Gasteiger partial charge in [-0.2, -0.15) is 0 Å². The van der Waals surface area contributed by atoms with Gasteiger partial charge in [-0.15, -0.1) is 21.5 Å². The van der Waals surface area contributed by atoms with Gasteiger partial charge in [0.1, 0.15) is 5.82 Å². The van der Waals surface area contributed by atoms with Crippen LogP contribution in [0.25, 0.3) is 11.4 Å². The minimum Gasteiger partial charge on any atom is -0.299 e. The lowest BCUT2D eigenvalue weighted by molar-refractivity contribution is -0.115. The van der Waals surface area contributed by atoms with Gasteiger partial charge in [0.2, 0.25) is 5.91 Å². The summed E-state index contributed by atoms with van der Waals surface area (Å²) in [6, 6.07) is 14.8. The zero-order valence-corrected chi connectivity index (χ0v) is 19.9. The lowest BCUT2D eigenvalue weighted by Gasteiger charge is -2.18. The van der Waals surface area contributed by atoms with E-state index in [-0.39, 0.29) is 11.7 Å². The number of anilines is 2. The van der Waals surface area contributed by atoms with Gasteiger partial charge in [0, 0.05) is 24.1 Å². The molecule has 4 aromatic rings. The molecule has 1 amide bonds. The van der Waals surface area contributed by atoms with Gasteiger partial charge in [0.05, 0.1) is 16.9 Å². The van der Waals surface area contributed by atoms with Gasteiger partial charge in [-0.05, 0) is 49.6 Å². The molecule has 2 aromatic carbocycles. The van der Waals surface area contributed by atoms with Crippen LogP contribution in [0.5, 0.6) is 0 Å². The molecule has 1 aliphatic rings. The molecule has 0 atom stereocenters. The fourth-order valence-corrected chi connectivity index (χ4v) is 5.55. The average molecular weight is 480 g/mol. The molecule has 1 aliphatic carbocycles. The molecule has 168 valence electrons. The number of benzene rings is 2. The number of halogens is 1. The number of aryl methyl sites for hydroxylation is 1. The van der Waals surface area contributed by atoms with E-state index < -0.39 is 0 Å². The second kappa shape index (κ2) is 9.07. The van der Waals surface area contributed by atoms with Crippen molar-refractivity contribution >= 4 is 39.8 Å². The molecule has 0 radical (unpaired) electrons. The zero-order chi connectivity index (χ0) is 22.9. The molecule has 0 unspecified atom stereocenters. The number of hydrogen-bond acceptors (Lipinski definition) is 6. The number of thiazole rings is 1. The molecule has 0 bridgehead atoms. The van der Waals surface area contributed by atoms with E-state index in [2.05, 4.69) is 10.2 Å². The van der Waals surface area contributed by atoms with Crippen molar-refractivity contribution in [1.82, 2.24) is 19.7 Å². The van der Waals surface area contributed by atoms with Gasteiger partial charge in [-0.25, -0.2) is 9.37 Å². The zero-order valence-electron chi connectivity index (χ0n) is 18.2. The van der Waals surface area contributed by atoms with Crippen LogP contribution in [0.2, 0.25) is 0 Å². The van der Waals surface area contributed by atoms with E-state index in [0.717, 1.165) is 34.9 Å². The molecule has 2 heterocycles. The number of carbonyl (C=O) groups excluding carboxylic acids is 1. The van der Waals surface area contributed by atoms with Crippen molar-refractivity contribution in [3.05, 3.63) is 71.0 Å². The lowest BCUT2D eigenvalue weighted by Crippen LogP contribution is -2.22. The van der Waals surface area contributed by atoms with Crippen molar-refractivity contribution in [3.8, 4) is 11.4 Å². The van der Waals surface area contributed by atoms with Crippen LogP contribution in [0.1, 0.15) is 37.1 Å². The van der Waals surface area contributed by atoms with Crippen LogP contribution in [0.4, 0.5) is 15.2 Å². The average Bonchev–Trinajstić information content (AvgIpc) is 3.37. The number of rotatable bonds is 7. The third-order valence-corrected chi connectivity index (χ3v) is 7.20. The Bertz CT molecular complexity index is 1310. The summed E-state index contributed by atoms with van der Waals surface area (Å²) in [6.45, 7) is 3.54. The van der Waals surface area contributed by atoms with Crippen molar-refractivity contribution in [1.29, 1.82) is 0 Å². The standard InChI is InChI=1S/C24H22FN5OS2/c1-15-6-5-7-19(12-15)29(16(2)31)23-26-17(13-32-23)14-33-24-28-27-22(30(24)18-10-11-18)20-8-3-4-9-21(20)25/h3-9,12-13,18H,10-11,14H2,1-2H3. The van der Waals surface area contributed by atoms with Crippen LogP contribution in [-0.2, 0) is 10.5 Å². The molecule has 1 fully saturated rings. The summed E-state index contributed by atoms with van der Waals surface area (Å²) in [4.78, 5) is 18.7. The first-order chi connectivity index (χ1) is 16.0.